The first-order valence-corrected chi connectivity index (χ1v) is 7.49. The summed E-state index contributed by atoms with van der Waals surface area (Å²) in [5, 5.41) is 13.3. The van der Waals surface area contributed by atoms with E-state index in [1.165, 1.54) is 0 Å². The Hall–Kier alpha value is -1.04. The second-order valence-corrected chi connectivity index (χ2v) is 6.61. The van der Waals surface area contributed by atoms with Crippen LogP contribution in [0, 0.1) is 0 Å². The molecule has 0 amide bonds. The predicted octanol–water partition coefficient (Wildman–Crippen LogP) is 1.24. The maximum absolute atomic E-state index is 10.1. The molecule has 2 N–H and O–H groups in total. The van der Waals surface area contributed by atoms with E-state index < -0.39 is 11.2 Å². The summed E-state index contributed by atoms with van der Waals surface area (Å²) in [5.41, 5.74) is -0.621. The Morgan fingerprint density at radius 3 is 2.38 bits per heavy atom. The van der Waals surface area contributed by atoms with Crippen molar-refractivity contribution in [3.63, 3.8) is 0 Å². The maximum Gasteiger partial charge on any atom is 0.330 e. The average molecular weight is 290 g/mol. The topological polar surface area (TPSA) is 50.7 Å². The maximum atomic E-state index is 10.1. The number of ether oxygens (including phenoxy) is 1. The lowest BCUT2D eigenvalue weighted by Gasteiger charge is -2.37. The van der Waals surface area contributed by atoms with Crippen LogP contribution in [0.4, 0.5) is 0 Å². The molecule has 0 saturated carbocycles. The smallest absolute Gasteiger partial charge is 0.330 e. The summed E-state index contributed by atoms with van der Waals surface area (Å²) < 4.78 is 11.6. The third-order valence-electron chi connectivity index (χ3n) is 4.16. The summed E-state index contributed by atoms with van der Waals surface area (Å²) in [7, 11) is 1.68. The van der Waals surface area contributed by atoms with Crippen molar-refractivity contribution in [2.24, 2.45) is 0 Å². The van der Waals surface area contributed by atoms with Gasteiger partial charge in [-0.1, -0.05) is 17.6 Å². The van der Waals surface area contributed by atoms with Gasteiger partial charge in [-0.3, -0.25) is 0 Å². The number of benzene rings is 1. The van der Waals surface area contributed by atoms with Gasteiger partial charge in [0.2, 0.25) is 0 Å². The SMILES string of the molecule is CC(C)(O)C(C)(C)O[B]c1ccc(OC2CCNC2)cc1. The minimum Gasteiger partial charge on any atom is -0.489 e. The van der Waals surface area contributed by atoms with Crippen molar-refractivity contribution in [2.75, 3.05) is 13.1 Å². The van der Waals surface area contributed by atoms with Gasteiger partial charge in [0.15, 0.2) is 0 Å². The van der Waals surface area contributed by atoms with Crippen LogP contribution in [0.1, 0.15) is 34.1 Å². The fourth-order valence-electron chi connectivity index (χ4n) is 1.91. The van der Waals surface area contributed by atoms with Gasteiger partial charge in [0, 0.05) is 6.54 Å². The monoisotopic (exact) mass is 290 g/mol. The van der Waals surface area contributed by atoms with Crippen molar-refractivity contribution >= 4 is 12.9 Å². The van der Waals surface area contributed by atoms with Crippen molar-refractivity contribution < 1.29 is 14.5 Å². The second-order valence-electron chi connectivity index (χ2n) is 6.61. The van der Waals surface area contributed by atoms with Gasteiger partial charge in [0.25, 0.3) is 0 Å². The van der Waals surface area contributed by atoms with E-state index in [4.69, 9.17) is 9.39 Å². The van der Waals surface area contributed by atoms with Gasteiger partial charge < -0.3 is 19.8 Å². The molecule has 0 bridgehead atoms. The van der Waals surface area contributed by atoms with Crippen LogP contribution in [-0.4, -0.2) is 43.0 Å². The van der Waals surface area contributed by atoms with Gasteiger partial charge in [0.05, 0.1) is 11.2 Å². The van der Waals surface area contributed by atoms with Crippen LogP contribution in [-0.2, 0) is 4.65 Å². The lowest BCUT2D eigenvalue weighted by molar-refractivity contribution is -0.0893. The Labute approximate surface area is 128 Å². The minimum absolute atomic E-state index is 0.269. The van der Waals surface area contributed by atoms with Gasteiger partial charge in [-0.25, -0.2) is 0 Å². The van der Waals surface area contributed by atoms with Crippen LogP contribution in [0.25, 0.3) is 0 Å². The van der Waals surface area contributed by atoms with E-state index in [1.54, 1.807) is 21.3 Å². The molecule has 1 fully saturated rings. The van der Waals surface area contributed by atoms with Crippen molar-refractivity contribution in [3.05, 3.63) is 24.3 Å². The minimum atomic E-state index is -0.915. The molecule has 0 aliphatic carbocycles. The molecular weight excluding hydrogens is 265 g/mol. The molecule has 0 spiro atoms. The summed E-state index contributed by atoms with van der Waals surface area (Å²) in [4.78, 5) is 0. The molecular formula is C16H25BNO3. The summed E-state index contributed by atoms with van der Waals surface area (Å²) in [6.45, 7) is 9.16. The van der Waals surface area contributed by atoms with E-state index >= 15 is 0 Å². The molecule has 115 valence electrons. The summed E-state index contributed by atoms with van der Waals surface area (Å²) in [6.07, 6.45) is 1.32. The Balaban J connectivity index is 1.87. The Bertz CT molecular complexity index is 448. The third kappa shape index (κ3) is 4.46. The largest absolute Gasteiger partial charge is 0.489 e. The van der Waals surface area contributed by atoms with Gasteiger partial charge in [-0.2, -0.15) is 0 Å². The van der Waals surface area contributed by atoms with E-state index in [1.807, 2.05) is 38.1 Å². The zero-order chi connectivity index (χ0) is 15.5. The molecule has 1 radical (unpaired) electrons. The van der Waals surface area contributed by atoms with Crippen molar-refractivity contribution in [1.82, 2.24) is 5.32 Å². The molecule has 2 rings (SSSR count). The molecule has 4 nitrogen and oxygen atoms in total. The van der Waals surface area contributed by atoms with E-state index in [9.17, 15) is 5.11 Å². The number of hydrogen-bond donors (Lipinski definition) is 2. The Kier molecular flexibility index (Phi) is 4.97. The van der Waals surface area contributed by atoms with Crippen LogP contribution >= 0.6 is 0 Å². The Morgan fingerprint density at radius 1 is 1.19 bits per heavy atom. The molecule has 1 saturated heterocycles. The fraction of sp³-hybridized carbons (Fsp3) is 0.625. The molecule has 21 heavy (non-hydrogen) atoms. The van der Waals surface area contributed by atoms with Crippen LogP contribution in [0.2, 0.25) is 0 Å². The number of rotatable bonds is 6. The lowest BCUT2D eigenvalue weighted by atomic mass is 9.82. The zero-order valence-electron chi connectivity index (χ0n) is 13.3. The summed E-state index contributed by atoms with van der Waals surface area (Å²) in [6, 6.07) is 7.81. The van der Waals surface area contributed by atoms with Crippen molar-refractivity contribution in [2.45, 2.75) is 51.4 Å². The zero-order valence-corrected chi connectivity index (χ0v) is 13.3. The highest BCUT2D eigenvalue weighted by Gasteiger charge is 2.35. The molecule has 1 aromatic rings. The van der Waals surface area contributed by atoms with Crippen LogP contribution < -0.4 is 15.5 Å². The number of nitrogens with one attached hydrogen (secondary N) is 1. The first-order valence-electron chi connectivity index (χ1n) is 7.49. The number of hydrogen-bond acceptors (Lipinski definition) is 4. The Morgan fingerprint density at radius 2 is 1.86 bits per heavy atom. The van der Waals surface area contributed by atoms with E-state index in [-0.39, 0.29) is 6.10 Å². The molecule has 1 atom stereocenters. The van der Waals surface area contributed by atoms with E-state index in [2.05, 4.69) is 5.32 Å². The molecule has 1 aliphatic rings. The standard InChI is InChI=1S/C16H25BNO3/c1-15(2,19)16(3,4)21-17-12-5-7-13(8-6-12)20-14-9-10-18-11-14/h5-8,14,18-19H,9-11H2,1-4H3. The average Bonchev–Trinajstić information content (AvgIpc) is 2.89. The van der Waals surface area contributed by atoms with Crippen molar-refractivity contribution in [3.8, 4) is 5.75 Å². The highest BCUT2D eigenvalue weighted by molar-refractivity contribution is 6.47. The van der Waals surface area contributed by atoms with Crippen LogP contribution in [0.3, 0.4) is 0 Å². The fourth-order valence-corrected chi connectivity index (χ4v) is 1.91. The summed E-state index contributed by atoms with van der Waals surface area (Å²) in [5.74, 6) is 0.877. The van der Waals surface area contributed by atoms with Crippen LogP contribution in [0.5, 0.6) is 5.75 Å². The second kappa shape index (κ2) is 6.38. The molecule has 1 unspecified atom stereocenters. The normalized spacial score (nSPS) is 19.6. The highest BCUT2D eigenvalue weighted by atomic mass is 16.5. The van der Waals surface area contributed by atoms with Crippen molar-refractivity contribution in [1.29, 1.82) is 0 Å². The predicted molar refractivity (Wildman–Crippen MR) is 85.2 cm³/mol. The van der Waals surface area contributed by atoms with Gasteiger partial charge >= 0.3 is 7.48 Å². The first kappa shape index (κ1) is 16.3. The summed E-state index contributed by atoms with van der Waals surface area (Å²) >= 11 is 0. The highest BCUT2D eigenvalue weighted by Crippen LogP contribution is 2.24. The molecule has 5 heteroatoms. The van der Waals surface area contributed by atoms with E-state index in [0.29, 0.717) is 0 Å². The van der Waals surface area contributed by atoms with Gasteiger partial charge in [-0.15, -0.1) is 0 Å². The molecule has 1 aliphatic heterocycles. The third-order valence-corrected chi connectivity index (χ3v) is 4.16. The quantitative estimate of drug-likeness (QED) is 0.774. The van der Waals surface area contributed by atoms with E-state index in [0.717, 1.165) is 30.7 Å². The number of aliphatic hydroxyl groups is 1. The molecule has 0 aromatic heterocycles. The lowest BCUT2D eigenvalue weighted by Crippen LogP contribution is -2.49. The van der Waals surface area contributed by atoms with Gasteiger partial charge in [0.1, 0.15) is 11.9 Å². The molecule has 1 heterocycles. The molecule has 1 aromatic carbocycles. The van der Waals surface area contributed by atoms with Crippen LogP contribution in [0.15, 0.2) is 24.3 Å². The van der Waals surface area contributed by atoms with Gasteiger partial charge in [-0.05, 0) is 52.8 Å². The first-order chi connectivity index (χ1) is 9.78.